The molecule has 0 radical (unpaired) electrons. The summed E-state index contributed by atoms with van der Waals surface area (Å²) in [5.41, 5.74) is 2.80. The first-order valence-electron chi connectivity index (χ1n) is 10.6. The number of rotatable bonds is 7. The quantitative estimate of drug-likeness (QED) is 0.242. The van der Waals surface area contributed by atoms with E-state index in [1.54, 1.807) is 23.6 Å². The largest absolute Gasteiger partial charge is 0.495 e. The number of benzene rings is 2. The zero-order valence-corrected chi connectivity index (χ0v) is 20.3. The Bertz CT molecular complexity index is 1460. The van der Waals surface area contributed by atoms with Crippen molar-refractivity contribution in [1.29, 1.82) is 0 Å². The number of imide groups is 1. The Kier molecular flexibility index (Phi) is 6.62. The van der Waals surface area contributed by atoms with Crippen molar-refractivity contribution in [3.63, 3.8) is 0 Å². The standard InChI is InChI=1S/C24H20N4O7S/c1-14-9-17(15(2)26(14)20-12-19(28(33)34)7-8-21(20)35-3)11-22-23(29)25(24(30)36-22)13-16-5-4-6-18(10-16)27(31)32/h4-12H,13H2,1-3H3/b22-11-. The smallest absolute Gasteiger partial charge is 0.293 e. The highest BCUT2D eigenvalue weighted by atomic mass is 32.2. The summed E-state index contributed by atoms with van der Waals surface area (Å²) in [5, 5.41) is 21.9. The van der Waals surface area contributed by atoms with Crippen LogP contribution in [0.2, 0.25) is 0 Å². The Hall–Kier alpha value is -4.45. The van der Waals surface area contributed by atoms with E-state index in [9.17, 15) is 29.8 Å². The number of hydrogen-bond donors (Lipinski definition) is 0. The van der Waals surface area contributed by atoms with Crippen LogP contribution in [0.15, 0.2) is 53.4 Å². The number of aromatic nitrogens is 1. The Balaban J connectivity index is 1.67. The lowest BCUT2D eigenvalue weighted by Crippen LogP contribution is -2.27. The minimum atomic E-state index is -0.538. The van der Waals surface area contributed by atoms with Crippen LogP contribution in [0.1, 0.15) is 22.5 Å². The number of methoxy groups -OCH3 is 1. The first-order chi connectivity index (χ1) is 17.1. The van der Waals surface area contributed by atoms with Gasteiger partial charge in [-0.2, -0.15) is 0 Å². The molecule has 11 nitrogen and oxygen atoms in total. The van der Waals surface area contributed by atoms with Crippen LogP contribution >= 0.6 is 11.8 Å². The molecule has 0 atom stereocenters. The summed E-state index contributed by atoms with van der Waals surface area (Å²) in [6, 6.07) is 11.9. The lowest BCUT2D eigenvalue weighted by molar-refractivity contribution is -0.385. The lowest BCUT2D eigenvalue weighted by Gasteiger charge is -2.14. The molecule has 1 fully saturated rings. The van der Waals surface area contributed by atoms with Gasteiger partial charge in [0.15, 0.2) is 0 Å². The van der Waals surface area contributed by atoms with E-state index < -0.39 is 21.0 Å². The van der Waals surface area contributed by atoms with E-state index in [2.05, 4.69) is 0 Å². The number of non-ortho nitro benzene ring substituents is 2. The number of nitro groups is 2. The van der Waals surface area contributed by atoms with E-state index in [4.69, 9.17) is 4.74 Å². The number of nitrogens with zero attached hydrogens (tertiary/aromatic N) is 4. The van der Waals surface area contributed by atoms with Gasteiger partial charge >= 0.3 is 0 Å². The van der Waals surface area contributed by atoms with Crippen LogP contribution in [0.4, 0.5) is 16.2 Å². The van der Waals surface area contributed by atoms with Crippen LogP contribution in [-0.2, 0) is 11.3 Å². The van der Waals surface area contributed by atoms with Gasteiger partial charge in [-0.25, -0.2) is 0 Å². The summed E-state index contributed by atoms with van der Waals surface area (Å²) < 4.78 is 7.18. The number of thioether (sulfide) groups is 1. The second-order valence-electron chi connectivity index (χ2n) is 7.97. The Morgan fingerprint density at radius 1 is 1.00 bits per heavy atom. The summed E-state index contributed by atoms with van der Waals surface area (Å²) >= 11 is 0.781. The molecular weight excluding hydrogens is 488 g/mol. The van der Waals surface area contributed by atoms with Gasteiger partial charge in [0.1, 0.15) is 5.75 Å². The summed E-state index contributed by atoms with van der Waals surface area (Å²) in [4.78, 5) is 48.2. The Morgan fingerprint density at radius 2 is 1.69 bits per heavy atom. The van der Waals surface area contributed by atoms with E-state index in [-0.39, 0.29) is 22.8 Å². The van der Waals surface area contributed by atoms with Crippen molar-refractivity contribution in [2.24, 2.45) is 0 Å². The molecule has 2 aromatic carbocycles. The Morgan fingerprint density at radius 3 is 2.36 bits per heavy atom. The first-order valence-corrected chi connectivity index (χ1v) is 11.4. The zero-order valence-electron chi connectivity index (χ0n) is 19.5. The van der Waals surface area contributed by atoms with E-state index in [1.807, 2.05) is 13.0 Å². The fourth-order valence-corrected chi connectivity index (χ4v) is 4.83. The van der Waals surface area contributed by atoms with Crippen LogP contribution in [0, 0.1) is 34.1 Å². The summed E-state index contributed by atoms with van der Waals surface area (Å²) in [5.74, 6) is -0.0690. The van der Waals surface area contributed by atoms with Gasteiger partial charge in [-0.3, -0.25) is 34.7 Å². The molecule has 0 bridgehead atoms. The fourth-order valence-electron chi connectivity index (χ4n) is 4.00. The highest BCUT2D eigenvalue weighted by molar-refractivity contribution is 8.18. The van der Waals surface area contributed by atoms with Crippen molar-refractivity contribution in [2.75, 3.05) is 7.11 Å². The summed E-state index contributed by atoms with van der Waals surface area (Å²) in [7, 11) is 1.47. The average molecular weight is 509 g/mol. The molecule has 0 unspecified atom stereocenters. The fraction of sp³-hybridized carbons (Fsp3) is 0.167. The summed E-state index contributed by atoms with van der Waals surface area (Å²) in [6.45, 7) is 3.52. The van der Waals surface area contributed by atoms with Crippen molar-refractivity contribution in [3.05, 3.63) is 96.2 Å². The molecule has 1 aromatic heterocycles. The molecule has 36 heavy (non-hydrogen) atoms. The molecule has 0 N–H and O–H groups in total. The molecule has 3 aromatic rings. The number of amides is 2. The molecule has 0 saturated carbocycles. The molecule has 2 heterocycles. The monoisotopic (exact) mass is 508 g/mol. The SMILES string of the molecule is COc1ccc([N+](=O)[O-])cc1-n1c(C)cc(/C=C2\SC(=O)N(Cc3cccc([N+](=O)[O-])c3)C2=O)c1C. The number of hydrogen-bond acceptors (Lipinski definition) is 8. The van der Waals surface area contributed by atoms with E-state index >= 15 is 0 Å². The number of carbonyl (C=O) groups excluding carboxylic acids is 2. The predicted octanol–water partition coefficient (Wildman–Crippen LogP) is 5.16. The van der Waals surface area contributed by atoms with Crippen molar-refractivity contribution in [1.82, 2.24) is 9.47 Å². The van der Waals surface area contributed by atoms with Gasteiger partial charge in [-0.1, -0.05) is 12.1 Å². The lowest BCUT2D eigenvalue weighted by atomic mass is 10.2. The minimum Gasteiger partial charge on any atom is -0.495 e. The number of ether oxygens (including phenoxy) is 1. The minimum absolute atomic E-state index is 0.0897. The first kappa shape index (κ1) is 24.7. The highest BCUT2D eigenvalue weighted by Crippen LogP contribution is 2.36. The number of aryl methyl sites for hydroxylation is 1. The molecule has 0 aliphatic carbocycles. The highest BCUT2D eigenvalue weighted by Gasteiger charge is 2.35. The molecule has 2 amide bonds. The molecule has 4 rings (SSSR count). The van der Waals surface area contributed by atoms with E-state index in [0.29, 0.717) is 28.3 Å². The third-order valence-electron chi connectivity index (χ3n) is 5.71. The van der Waals surface area contributed by atoms with Gasteiger partial charge in [-0.15, -0.1) is 0 Å². The molecule has 12 heteroatoms. The maximum Gasteiger partial charge on any atom is 0.293 e. The van der Waals surface area contributed by atoms with E-state index in [0.717, 1.165) is 22.4 Å². The van der Waals surface area contributed by atoms with Crippen molar-refractivity contribution in [2.45, 2.75) is 20.4 Å². The van der Waals surface area contributed by atoms with Crippen molar-refractivity contribution in [3.8, 4) is 11.4 Å². The number of carbonyl (C=O) groups is 2. The molecule has 0 spiro atoms. The molecule has 1 aliphatic rings. The van der Waals surface area contributed by atoms with Gasteiger partial charge < -0.3 is 9.30 Å². The van der Waals surface area contributed by atoms with Gasteiger partial charge in [0.2, 0.25) is 0 Å². The van der Waals surface area contributed by atoms with Gasteiger partial charge in [0.25, 0.3) is 22.5 Å². The molecule has 1 aliphatic heterocycles. The van der Waals surface area contributed by atoms with Gasteiger partial charge in [0.05, 0.1) is 34.1 Å². The zero-order chi connectivity index (χ0) is 26.1. The molecule has 1 saturated heterocycles. The third kappa shape index (κ3) is 4.58. The van der Waals surface area contributed by atoms with Crippen LogP contribution in [0.3, 0.4) is 0 Å². The Labute approximate surface area is 209 Å². The second-order valence-corrected chi connectivity index (χ2v) is 8.96. The van der Waals surface area contributed by atoms with Gasteiger partial charge in [0, 0.05) is 35.7 Å². The average Bonchev–Trinajstić information content (AvgIpc) is 3.27. The topological polar surface area (TPSA) is 138 Å². The maximum atomic E-state index is 13.0. The van der Waals surface area contributed by atoms with Crippen molar-refractivity contribution < 1.29 is 24.2 Å². The normalized spacial score (nSPS) is 14.5. The maximum absolute atomic E-state index is 13.0. The predicted molar refractivity (Wildman–Crippen MR) is 133 cm³/mol. The second kappa shape index (κ2) is 9.66. The van der Waals surface area contributed by atoms with E-state index in [1.165, 1.54) is 43.5 Å². The van der Waals surface area contributed by atoms with Crippen LogP contribution in [0.5, 0.6) is 5.75 Å². The number of nitro benzene ring substituents is 2. The van der Waals surface area contributed by atoms with Crippen LogP contribution in [0.25, 0.3) is 11.8 Å². The van der Waals surface area contributed by atoms with Crippen LogP contribution < -0.4 is 4.74 Å². The molecule has 184 valence electrons. The van der Waals surface area contributed by atoms with Crippen LogP contribution in [-0.4, -0.2) is 37.6 Å². The third-order valence-corrected chi connectivity index (χ3v) is 6.61. The van der Waals surface area contributed by atoms with Gasteiger partial charge in [-0.05, 0) is 54.9 Å². The molecular formula is C24H20N4O7S. The van der Waals surface area contributed by atoms with Crippen molar-refractivity contribution >= 4 is 40.4 Å². The summed E-state index contributed by atoms with van der Waals surface area (Å²) in [6.07, 6.45) is 1.60.